The number of carbonyl (C=O) groups is 1. The fraction of sp³-hybridized carbons (Fsp3) is 0.273. The van der Waals surface area contributed by atoms with Gasteiger partial charge in [-0.05, 0) is 35.3 Å². The van der Waals surface area contributed by atoms with E-state index in [1.165, 1.54) is 11.6 Å². The van der Waals surface area contributed by atoms with Crippen molar-refractivity contribution >= 4 is 12.0 Å². The molecule has 140 valence electrons. The summed E-state index contributed by atoms with van der Waals surface area (Å²) in [7, 11) is 0. The molecule has 0 aliphatic heterocycles. The van der Waals surface area contributed by atoms with Crippen LogP contribution in [0.2, 0.25) is 0 Å². The molecule has 5 nitrogen and oxygen atoms in total. The van der Waals surface area contributed by atoms with E-state index < -0.39 is 5.97 Å². The first-order valence-corrected chi connectivity index (χ1v) is 8.61. The van der Waals surface area contributed by atoms with E-state index in [2.05, 4.69) is 20.8 Å². The highest BCUT2D eigenvalue weighted by atomic mass is 16.5. The molecule has 0 heterocycles. The van der Waals surface area contributed by atoms with Gasteiger partial charge in [-0.25, -0.2) is 4.79 Å². The number of para-hydroxylation sites is 1. The number of nitriles is 1. The minimum atomic E-state index is -1.27. The number of benzene rings is 2. The largest absolute Gasteiger partial charge is 0.490 e. The van der Waals surface area contributed by atoms with Crippen molar-refractivity contribution in [2.75, 3.05) is 13.2 Å². The quantitative estimate of drug-likeness (QED) is 0.446. The van der Waals surface area contributed by atoms with Gasteiger partial charge in [0.25, 0.3) is 0 Å². The lowest BCUT2D eigenvalue weighted by molar-refractivity contribution is -0.132. The Bertz CT molecular complexity index is 855. The Hall–Kier alpha value is -3.26. The summed E-state index contributed by atoms with van der Waals surface area (Å²) in [4.78, 5) is 11.0. The fourth-order valence-electron chi connectivity index (χ4n) is 2.39. The molecule has 0 aromatic heterocycles. The number of hydrogen-bond acceptors (Lipinski definition) is 4. The second-order valence-corrected chi connectivity index (χ2v) is 6.98. The SMILES string of the molecule is CC(C)(C)c1ccc(OCCOc2ccccc2C=C(C#N)C(=O)O)cc1. The molecule has 0 fully saturated rings. The lowest BCUT2D eigenvalue weighted by Gasteiger charge is -2.19. The maximum atomic E-state index is 11.0. The van der Waals surface area contributed by atoms with E-state index in [0.29, 0.717) is 24.5 Å². The lowest BCUT2D eigenvalue weighted by atomic mass is 9.87. The number of rotatable bonds is 7. The van der Waals surface area contributed by atoms with Gasteiger partial charge in [-0.2, -0.15) is 5.26 Å². The molecule has 5 heteroatoms. The van der Waals surface area contributed by atoms with Crippen LogP contribution in [-0.2, 0) is 10.2 Å². The van der Waals surface area contributed by atoms with Crippen LogP contribution < -0.4 is 9.47 Å². The van der Waals surface area contributed by atoms with Crippen molar-refractivity contribution in [1.29, 1.82) is 5.26 Å². The molecule has 2 aromatic rings. The average molecular weight is 365 g/mol. The van der Waals surface area contributed by atoms with Gasteiger partial charge >= 0.3 is 5.97 Å². The fourth-order valence-corrected chi connectivity index (χ4v) is 2.39. The molecule has 0 aliphatic rings. The predicted octanol–water partition coefficient (Wildman–Crippen LogP) is 4.43. The molecular weight excluding hydrogens is 342 g/mol. The van der Waals surface area contributed by atoms with Crippen LogP contribution in [0.3, 0.4) is 0 Å². The van der Waals surface area contributed by atoms with Gasteiger partial charge in [0, 0.05) is 5.56 Å². The Morgan fingerprint density at radius 2 is 1.70 bits per heavy atom. The number of hydrogen-bond donors (Lipinski definition) is 1. The van der Waals surface area contributed by atoms with Crippen LogP contribution in [0.4, 0.5) is 0 Å². The van der Waals surface area contributed by atoms with Gasteiger partial charge in [0.2, 0.25) is 0 Å². The molecule has 0 aliphatic carbocycles. The summed E-state index contributed by atoms with van der Waals surface area (Å²) in [6, 6.07) is 16.6. The van der Waals surface area contributed by atoms with Crippen molar-refractivity contribution in [3.8, 4) is 17.6 Å². The van der Waals surface area contributed by atoms with E-state index in [1.54, 1.807) is 30.3 Å². The molecule has 0 radical (unpaired) electrons. The molecule has 27 heavy (non-hydrogen) atoms. The Balaban J connectivity index is 1.95. The standard InChI is InChI=1S/C22H23NO4/c1-22(2,3)18-8-10-19(11-9-18)26-12-13-27-20-7-5-4-6-16(20)14-17(15-23)21(24)25/h4-11,14H,12-13H2,1-3H3,(H,24,25). The third-order valence-corrected chi connectivity index (χ3v) is 3.90. The Kier molecular flexibility index (Phi) is 6.62. The predicted molar refractivity (Wildman–Crippen MR) is 104 cm³/mol. The highest BCUT2D eigenvalue weighted by molar-refractivity contribution is 5.96. The van der Waals surface area contributed by atoms with Gasteiger partial charge in [0.05, 0.1) is 0 Å². The molecule has 0 bridgehead atoms. The Morgan fingerprint density at radius 3 is 2.30 bits per heavy atom. The highest BCUT2D eigenvalue weighted by Gasteiger charge is 2.13. The van der Waals surface area contributed by atoms with E-state index in [9.17, 15) is 4.79 Å². The van der Waals surface area contributed by atoms with Crippen LogP contribution in [-0.4, -0.2) is 24.3 Å². The van der Waals surface area contributed by atoms with Gasteiger partial charge in [-0.15, -0.1) is 0 Å². The molecule has 0 amide bonds. The van der Waals surface area contributed by atoms with Crippen molar-refractivity contribution in [2.24, 2.45) is 0 Å². The molecule has 2 rings (SSSR count). The van der Waals surface area contributed by atoms with Crippen molar-refractivity contribution in [2.45, 2.75) is 26.2 Å². The molecule has 0 unspecified atom stereocenters. The van der Waals surface area contributed by atoms with Crippen LogP contribution in [0, 0.1) is 11.3 Å². The zero-order chi connectivity index (χ0) is 19.9. The van der Waals surface area contributed by atoms with E-state index in [0.717, 1.165) is 5.75 Å². The molecule has 0 saturated heterocycles. The summed E-state index contributed by atoms with van der Waals surface area (Å²) in [5.74, 6) is -0.00931. The second-order valence-electron chi connectivity index (χ2n) is 6.98. The van der Waals surface area contributed by atoms with Crippen LogP contribution >= 0.6 is 0 Å². The zero-order valence-corrected chi connectivity index (χ0v) is 15.7. The molecule has 1 N–H and O–H groups in total. The van der Waals surface area contributed by atoms with Crippen molar-refractivity contribution in [3.05, 3.63) is 65.2 Å². The Morgan fingerprint density at radius 1 is 1.07 bits per heavy atom. The first kappa shape index (κ1) is 20.1. The normalized spacial score (nSPS) is 11.6. The van der Waals surface area contributed by atoms with Gasteiger partial charge in [0.15, 0.2) is 0 Å². The molecule has 0 spiro atoms. The number of ether oxygens (including phenoxy) is 2. The van der Waals surface area contributed by atoms with Crippen molar-refractivity contribution in [3.63, 3.8) is 0 Å². The summed E-state index contributed by atoms with van der Waals surface area (Å²) in [6.45, 7) is 7.11. The van der Waals surface area contributed by atoms with Crippen molar-refractivity contribution < 1.29 is 19.4 Å². The monoisotopic (exact) mass is 365 g/mol. The van der Waals surface area contributed by atoms with E-state index in [-0.39, 0.29) is 11.0 Å². The third-order valence-electron chi connectivity index (χ3n) is 3.90. The van der Waals surface area contributed by atoms with E-state index >= 15 is 0 Å². The van der Waals surface area contributed by atoms with Gasteiger partial charge in [0.1, 0.15) is 36.4 Å². The second kappa shape index (κ2) is 8.91. The Labute approximate surface area is 159 Å². The number of carboxylic acids is 1. The zero-order valence-electron chi connectivity index (χ0n) is 15.7. The third kappa shape index (κ3) is 5.89. The van der Waals surface area contributed by atoms with Crippen LogP contribution in [0.1, 0.15) is 31.9 Å². The van der Waals surface area contributed by atoms with Gasteiger partial charge < -0.3 is 14.6 Å². The first-order chi connectivity index (χ1) is 12.8. The molecule has 0 saturated carbocycles. The molecule has 2 aromatic carbocycles. The smallest absolute Gasteiger partial charge is 0.346 e. The average Bonchev–Trinajstić information content (AvgIpc) is 2.63. The molecular formula is C22H23NO4. The number of aliphatic carboxylic acids is 1. The lowest BCUT2D eigenvalue weighted by Crippen LogP contribution is -2.12. The topological polar surface area (TPSA) is 79.5 Å². The summed E-state index contributed by atoms with van der Waals surface area (Å²) in [5, 5.41) is 17.9. The number of carboxylic acid groups (broad SMARTS) is 1. The summed E-state index contributed by atoms with van der Waals surface area (Å²) < 4.78 is 11.4. The minimum absolute atomic E-state index is 0.0943. The van der Waals surface area contributed by atoms with Crippen LogP contribution in [0.5, 0.6) is 11.5 Å². The molecule has 0 atom stereocenters. The minimum Gasteiger partial charge on any atom is -0.490 e. The van der Waals surface area contributed by atoms with E-state index in [1.807, 2.05) is 24.3 Å². The van der Waals surface area contributed by atoms with Crippen LogP contribution in [0.25, 0.3) is 6.08 Å². The highest BCUT2D eigenvalue weighted by Crippen LogP contribution is 2.24. The maximum absolute atomic E-state index is 11.0. The number of nitrogens with zero attached hydrogens (tertiary/aromatic N) is 1. The van der Waals surface area contributed by atoms with Gasteiger partial charge in [-0.1, -0.05) is 51.1 Å². The van der Waals surface area contributed by atoms with Crippen LogP contribution in [0.15, 0.2) is 54.1 Å². The summed E-state index contributed by atoms with van der Waals surface area (Å²) in [5.41, 5.74) is 1.52. The summed E-state index contributed by atoms with van der Waals surface area (Å²) in [6.07, 6.45) is 1.30. The first-order valence-electron chi connectivity index (χ1n) is 8.61. The maximum Gasteiger partial charge on any atom is 0.346 e. The summed E-state index contributed by atoms with van der Waals surface area (Å²) >= 11 is 0. The van der Waals surface area contributed by atoms with E-state index in [4.69, 9.17) is 19.8 Å². The van der Waals surface area contributed by atoms with Crippen molar-refractivity contribution in [1.82, 2.24) is 0 Å². The van der Waals surface area contributed by atoms with Gasteiger partial charge in [-0.3, -0.25) is 0 Å².